The zero-order chi connectivity index (χ0) is 14.5. The van der Waals surface area contributed by atoms with Gasteiger partial charge in [-0.05, 0) is 58.7 Å². The molecule has 0 atom stereocenters. The Labute approximate surface area is 126 Å². The van der Waals surface area contributed by atoms with Crippen molar-refractivity contribution in [2.75, 3.05) is 7.11 Å². The highest BCUT2D eigenvalue weighted by Gasteiger charge is 2.06. The Balaban J connectivity index is 2.04. The summed E-state index contributed by atoms with van der Waals surface area (Å²) in [7, 11) is 1.64. The molecule has 0 unspecified atom stereocenters. The van der Waals surface area contributed by atoms with Gasteiger partial charge in [-0.15, -0.1) is 0 Å². The fourth-order valence-electron chi connectivity index (χ4n) is 1.72. The smallest absolute Gasteiger partial charge is 0.159 e. The maximum absolute atomic E-state index is 11.3. The first-order valence-corrected chi connectivity index (χ1v) is 6.95. The predicted octanol–water partition coefficient (Wildman–Crippen LogP) is 4.24. The van der Waals surface area contributed by atoms with Crippen LogP contribution in [0.2, 0.25) is 0 Å². The van der Waals surface area contributed by atoms with Crippen LogP contribution in [0.1, 0.15) is 22.8 Å². The summed E-state index contributed by atoms with van der Waals surface area (Å²) < 4.78 is 11.6. The largest absolute Gasteiger partial charge is 0.497 e. The van der Waals surface area contributed by atoms with E-state index in [-0.39, 0.29) is 5.78 Å². The second kappa shape index (κ2) is 6.57. The number of benzene rings is 2. The number of hydrogen-bond acceptors (Lipinski definition) is 3. The molecule has 2 aromatic rings. The van der Waals surface area contributed by atoms with Crippen molar-refractivity contribution in [3.8, 4) is 11.5 Å². The van der Waals surface area contributed by atoms with Gasteiger partial charge in [-0.2, -0.15) is 0 Å². The summed E-state index contributed by atoms with van der Waals surface area (Å²) in [6.45, 7) is 2.00. The molecule has 0 aliphatic rings. The van der Waals surface area contributed by atoms with Crippen molar-refractivity contribution in [1.82, 2.24) is 0 Å². The molecule has 0 aliphatic heterocycles. The summed E-state index contributed by atoms with van der Waals surface area (Å²) in [6.07, 6.45) is 0. The molecule has 2 aromatic carbocycles. The van der Waals surface area contributed by atoms with Gasteiger partial charge in [0.15, 0.2) is 5.78 Å². The lowest BCUT2D eigenvalue weighted by Gasteiger charge is -2.09. The van der Waals surface area contributed by atoms with E-state index < -0.39 is 0 Å². The van der Waals surface area contributed by atoms with Gasteiger partial charge in [0.05, 0.1) is 11.6 Å². The van der Waals surface area contributed by atoms with Gasteiger partial charge < -0.3 is 9.47 Å². The number of rotatable bonds is 5. The lowest BCUT2D eigenvalue weighted by molar-refractivity contribution is 0.101. The topological polar surface area (TPSA) is 35.5 Å². The van der Waals surface area contributed by atoms with Gasteiger partial charge in [-0.1, -0.05) is 12.1 Å². The van der Waals surface area contributed by atoms with E-state index in [9.17, 15) is 4.79 Å². The molecule has 0 saturated carbocycles. The fraction of sp³-hybridized carbons (Fsp3) is 0.188. The number of ketones is 1. The molecule has 0 bridgehead atoms. The molecule has 3 nitrogen and oxygen atoms in total. The zero-order valence-electron chi connectivity index (χ0n) is 11.4. The summed E-state index contributed by atoms with van der Waals surface area (Å²) in [6, 6.07) is 13.0. The van der Waals surface area contributed by atoms with Crippen LogP contribution < -0.4 is 9.47 Å². The van der Waals surface area contributed by atoms with Crippen LogP contribution in [-0.4, -0.2) is 12.9 Å². The van der Waals surface area contributed by atoms with Crippen LogP contribution in [0.4, 0.5) is 0 Å². The third-order valence-electron chi connectivity index (χ3n) is 2.89. The van der Waals surface area contributed by atoms with E-state index in [0.29, 0.717) is 17.9 Å². The van der Waals surface area contributed by atoms with Crippen molar-refractivity contribution >= 4 is 21.7 Å². The number of carbonyl (C=O) groups is 1. The second-order valence-corrected chi connectivity index (χ2v) is 5.19. The Morgan fingerprint density at radius 3 is 2.40 bits per heavy atom. The Morgan fingerprint density at radius 2 is 1.85 bits per heavy atom. The van der Waals surface area contributed by atoms with E-state index in [2.05, 4.69) is 15.9 Å². The third kappa shape index (κ3) is 3.61. The monoisotopic (exact) mass is 334 g/mol. The first kappa shape index (κ1) is 14.6. The number of halogens is 1. The second-order valence-electron chi connectivity index (χ2n) is 4.34. The van der Waals surface area contributed by atoms with E-state index >= 15 is 0 Å². The predicted molar refractivity (Wildman–Crippen MR) is 81.5 cm³/mol. The van der Waals surface area contributed by atoms with Gasteiger partial charge >= 0.3 is 0 Å². The molecule has 0 radical (unpaired) electrons. The molecule has 0 amide bonds. The SMILES string of the molecule is COc1ccc(COc2ccc(C(C)=O)cc2Br)cc1. The molecule has 4 heteroatoms. The Morgan fingerprint density at radius 1 is 1.15 bits per heavy atom. The van der Waals surface area contributed by atoms with Crippen molar-refractivity contribution < 1.29 is 14.3 Å². The zero-order valence-corrected chi connectivity index (χ0v) is 12.9. The van der Waals surface area contributed by atoms with E-state index in [4.69, 9.17) is 9.47 Å². The highest BCUT2D eigenvalue weighted by atomic mass is 79.9. The molecule has 0 aromatic heterocycles. The molecule has 0 spiro atoms. The standard InChI is InChI=1S/C16H15BrO3/c1-11(18)13-5-8-16(15(17)9-13)20-10-12-3-6-14(19-2)7-4-12/h3-9H,10H2,1-2H3. The molecule has 104 valence electrons. The average molecular weight is 335 g/mol. The number of carbonyl (C=O) groups excluding carboxylic acids is 1. The minimum atomic E-state index is 0.0346. The molecule has 0 fully saturated rings. The quantitative estimate of drug-likeness (QED) is 0.767. The van der Waals surface area contributed by atoms with Gasteiger partial charge in [-0.25, -0.2) is 0 Å². The van der Waals surface area contributed by atoms with Gasteiger partial charge in [0, 0.05) is 5.56 Å². The maximum Gasteiger partial charge on any atom is 0.159 e. The van der Waals surface area contributed by atoms with Crippen LogP contribution in [0.15, 0.2) is 46.9 Å². The number of ether oxygens (including phenoxy) is 2. The van der Waals surface area contributed by atoms with Crippen LogP contribution in [0.3, 0.4) is 0 Å². The van der Waals surface area contributed by atoms with Crippen molar-refractivity contribution in [2.24, 2.45) is 0 Å². The minimum absolute atomic E-state index is 0.0346. The van der Waals surface area contributed by atoms with Crippen LogP contribution >= 0.6 is 15.9 Å². The van der Waals surface area contributed by atoms with E-state index in [1.807, 2.05) is 24.3 Å². The highest BCUT2D eigenvalue weighted by molar-refractivity contribution is 9.10. The first-order valence-electron chi connectivity index (χ1n) is 6.16. The first-order chi connectivity index (χ1) is 9.60. The van der Waals surface area contributed by atoms with Gasteiger partial charge in [0.2, 0.25) is 0 Å². The van der Waals surface area contributed by atoms with Crippen molar-refractivity contribution in [2.45, 2.75) is 13.5 Å². The summed E-state index contributed by atoms with van der Waals surface area (Å²) in [4.78, 5) is 11.3. The number of methoxy groups -OCH3 is 1. The molecule has 0 N–H and O–H groups in total. The van der Waals surface area contributed by atoms with Gasteiger partial charge in [0.1, 0.15) is 18.1 Å². The van der Waals surface area contributed by atoms with E-state index in [1.54, 1.807) is 32.2 Å². The molecule has 0 heterocycles. The Kier molecular flexibility index (Phi) is 4.79. The lowest BCUT2D eigenvalue weighted by atomic mass is 10.1. The lowest BCUT2D eigenvalue weighted by Crippen LogP contribution is -1.98. The molecule has 0 aliphatic carbocycles. The van der Waals surface area contributed by atoms with Gasteiger partial charge in [0.25, 0.3) is 0 Å². The number of Topliss-reactive ketones (excluding diaryl/α,β-unsaturated/α-hetero) is 1. The van der Waals surface area contributed by atoms with Crippen molar-refractivity contribution in [3.05, 3.63) is 58.1 Å². The average Bonchev–Trinajstić information content (AvgIpc) is 2.46. The molecule has 0 saturated heterocycles. The Hall–Kier alpha value is -1.81. The summed E-state index contributed by atoms with van der Waals surface area (Å²) in [5.74, 6) is 1.57. The van der Waals surface area contributed by atoms with Crippen LogP contribution in [-0.2, 0) is 6.61 Å². The van der Waals surface area contributed by atoms with Crippen LogP contribution in [0.25, 0.3) is 0 Å². The summed E-state index contributed by atoms with van der Waals surface area (Å²) >= 11 is 3.41. The third-order valence-corrected chi connectivity index (χ3v) is 3.51. The molecule has 20 heavy (non-hydrogen) atoms. The maximum atomic E-state index is 11.3. The summed E-state index contributed by atoms with van der Waals surface area (Å²) in [5.41, 5.74) is 1.71. The normalized spacial score (nSPS) is 10.2. The number of hydrogen-bond donors (Lipinski definition) is 0. The van der Waals surface area contributed by atoms with Crippen LogP contribution in [0.5, 0.6) is 11.5 Å². The Bertz CT molecular complexity index is 606. The summed E-state index contributed by atoms with van der Waals surface area (Å²) in [5, 5.41) is 0. The fourth-order valence-corrected chi connectivity index (χ4v) is 2.21. The van der Waals surface area contributed by atoms with Crippen LogP contribution in [0, 0.1) is 0 Å². The molecular formula is C16H15BrO3. The van der Waals surface area contributed by atoms with Crippen molar-refractivity contribution in [3.63, 3.8) is 0 Å². The molecule has 2 rings (SSSR count). The minimum Gasteiger partial charge on any atom is -0.497 e. The van der Waals surface area contributed by atoms with E-state index in [0.717, 1.165) is 15.8 Å². The molecular weight excluding hydrogens is 320 g/mol. The highest BCUT2D eigenvalue weighted by Crippen LogP contribution is 2.27. The van der Waals surface area contributed by atoms with Gasteiger partial charge in [-0.3, -0.25) is 4.79 Å². The van der Waals surface area contributed by atoms with E-state index in [1.165, 1.54) is 0 Å². The van der Waals surface area contributed by atoms with Crippen molar-refractivity contribution in [1.29, 1.82) is 0 Å².